The molecule has 0 spiro atoms. The van der Waals surface area contributed by atoms with E-state index in [-0.39, 0.29) is 11.3 Å². The molecule has 5 heteroatoms. The van der Waals surface area contributed by atoms with Gasteiger partial charge in [-0.2, -0.15) is 0 Å². The van der Waals surface area contributed by atoms with Gasteiger partial charge in [0, 0.05) is 16.8 Å². The molecule has 0 aliphatic heterocycles. The van der Waals surface area contributed by atoms with Crippen molar-refractivity contribution in [1.29, 1.82) is 0 Å². The number of carbonyl (C=O) groups excluding carboxylic acids is 1. The van der Waals surface area contributed by atoms with Gasteiger partial charge in [0.05, 0.1) is 20.6 Å². The highest BCUT2D eigenvalue weighted by Gasteiger charge is 2.23. The van der Waals surface area contributed by atoms with Crippen LogP contribution in [-0.4, -0.2) is 26.7 Å². The lowest BCUT2D eigenvalue weighted by atomic mass is 9.84. The normalized spacial score (nSPS) is 11.1. The maximum Gasteiger partial charge on any atom is 0.225 e. The number of amides is 1. The number of ether oxygens (including phenoxy) is 2. The molecular weight excluding hydrogens is 310 g/mol. The molecule has 2 rings (SSSR count). The molecule has 23 heavy (non-hydrogen) atoms. The summed E-state index contributed by atoms with van der Waals surface area (Å²) in [5.74, 6) is 1.44. The minimum Gasteiger partial charge on any atom is -0.493 e. The number of carbonyl (C=O) groups is 1. The van der Waals surface area contributed by atoms with Gasteiger partial charge in [0.1, 0.15) is 0 Å². The van der Waals surface area contributed by atoms with E-state index >= 15 is 0 Å². The highest BCUT2D eigenvalue weighted by atomic mass is 32.1. The summed E-state index contributed by atoms with van der Waals surface area (Å²) in [6.07, 6.45) is 0.430. The molecule has 2 aromatic rings. The molecule has 1 N–H and O–H groups in total. The Morgan fingerprint density at radius 3 is 2.52 bits per heavy atom. The van der Waals surface area contributed by atoms with E-state index in [0.717, 1.165) is 10.4 Å². The van der Waals surface area contributed by atoms with Gasteiger partial charge < -0.3 is 14.8 Å². The third-order valence-corrected chi connectivity index (χ3v) is 4.68. The molecule has 0 atom stereocenters. The van der Waals surface area contributed by atoms with Crippen LogP contribution >= 0.6 is 11.3 Å². The summed E-state index contributed by atoms with van der Waals surface area (Å²) in [6.45, 7) is 4.76. The van der Waals surface area contributed by atoms with Crippen LogP contribution in [0.4, 0.5) is 0 Å². The lowest BCUT2D eigenvalue weighted by Crippen LogP contribution is -2.37. The fourth-order valence-corrected chi connectivity index (χ4v) is 3.02. The average molecular weight is 333 g/mol. The van der Waals surface area contributed by atoms with Gasteiger partial charge in [0.15, 0.2) is 11.5 Å². The number of rotatable bonds is 7. The molecule has 1 aromatic heterocycles. The monoisotopic (exact) mass is 333 g/mol. The number of methoxy groups -OCH3 is 2. The first kappa shape index (κ1) is 17.3. The van der Waals surface area contributed by atoms with Crippen molar-refractivity contribution in [2.75, 3.05) is 20.8 Å². The predicted octanol–water partition coefficient (Wildman–Crippen LogP) is 3.40. The fourth-order valence-electron chi connectivity index (χ4n) is 2.31. The largest absolute Gasteiger partial charge is 0.493 e. The Hall–Kier alpha value is -2.01. The Morgan fingerprint density at radius 2 is 1.91 bits per heavy atom. The first-order chi connectivity index (χ1) is 11.0. The Kier molecular flexibility index (Phi) is 5.66. The van der Waals surface area contributed by atoms with Crippen molar-refractivity contribution in [2.24, 2.45) is 0 Å². The van der Waals surface area contributed by atoms with Gasteiger partial charge in [-0.15, -0.1) is 11.3 Å². The molecule has 1 heterocycles. The molecule has 0 radical (unpaired) electrons. The number of benzene rings is 1. The van der Waals surface area contributed by atoms with E-state index in [1.165, 1.54) is 0 Å². The minimum absolute atomic E-state index is 0.0426. The highest BCUT2D eigenvalue weighted by molar-refractivity contribution is 7.10. The summed E-state index contributed by atoms with van der Waals surface area (Å²) in [5.41, 5.74) is 0.886. The maximum atomic E-state index is 12.1. The second kappa shape index (κ2) is 7.51. The summed E-state index contributed by atoms with van der Waals surface area (Å²) in [6, 6.07) is 9.80. The molecule has 4 nitrogen and oxygen atoms in total. The van der Waals surface area contributed by atoms with Gasteiger partial charge in [-0.1, -0.05) is 26.0 Å². The molecule has 0 aliphatic carbocycles. The third kappa shape index (κ3) is 4.48. The zero-order chi connectivity index (χ0) is 16.9. The van der Waals surface area contributed by atoms with Crippen molar-refractivity contribution in [3.63, 3.8) is 0 Å². The molecule has 0 bridgehead atoms. The van der Waals surface area contributed by atoms with Crippen molar-refractivity contribution in [2.45, 2.75) is 25.7 Å². The lowest BCUT2D eigenvalue weighted by molar-refractivity contribution is -0.120. The van der Waals surface area contributed by atoms with Crippen LogP contribution in [0.15, 0.2) is 35.7 Å². The van der Waals surface area contributed by atoms with Crippen LogP contribution in [0.5, 0.6) is 11.5 Å². The smallest absolute Gasteiger partial charge is 0.225 e. The second-order valence-corrected chi connectivity index (χ2v) is 7.02. The maximum absolute atomic E-state index is 12.1. The van der Waals surface area contributed by atoms with Crippen molar-refractivity contribution in [3.8, 4) is 11.5 Å². The number of hydrogen-bond acceptors (Lipinski definition) is 4. The molecule has 0 aliphatic rings. The quantitative estimate of drug-likeness (QED) is 0.845. The first-order valence-corrected chi connectivity index (χ1v) is 8.36. The van der Waals surface area contributed by atoms with E-state index in [9.17, 15) is 4.79 Å². The summed E-state index contributed by atoms with van der Waals surface area (Å²) in [5, 5.41) is 5.00. The summed E-state index contributed by atoms with van der Waals surface area (Å²) in [7, 11) is 3.24. The van der Waals surface area contributed by atoms with E-state index < -0.39 is 0 Å². The van der Waals surface area contributed by atoms with E-state index in [0.29, 0.717) is 24.5 Å². The lowest BCUT2D eigenvalue weighted by Gasteiger charge is -2.26. The van der Waals surface area contributed by atoms with Gasteiger partial charge in [-0.25, -0.2) is 0 Å². The molecular formula is C18H23NO3S. The number of thiophene rings is 1. The first-order valence-electron chi connectivity index (χ1n) is 7.48. The third-order valence-electron chi connectivity index (χ3n) is 3.81. The van der Waals surface area contributed by atoms with Crippen LogP contribution in [-0.2, 0) is 16.6 Å². The Labute approximate surface area is 141 Å². The van der Waals surface area contributed by atoms with Crippen molar-refractivity contribution < 1.29 is 14.3 Å². The zero-order valence-electron chi connectivity index (χ0n) is 14.0. The Balaban J connectivity index is 2.02. The van der Waals surface area contributed by atoms with Crippen molar-refractivity contribution in [1.82, 2.24) is 5.32 Å². The van der Waals surface area contributed by atoms with Crippen LogP contribution in [0.3, 0.4) is 0 Å². The zero-order valence-corrected chi connectivity index (χ0v) is 14.8. The van der Waals surface area contributed by atoms with Gasteiger partial charge in [-0.05, 0) is 29.1 Å². The Morgan fingerprint density at radius 1 is 1.17 bits per heavy atom. The predicted molar refractivity (Wildman–Crippen MR) is 93.6 cm³/mol. The van der Waals surface area contributed by atoms with Gasteiger partial charge in [0.2, 0.25) is 5.91 Å². The topological polar surface area (TPSA) is 47.6 Å². The molecule has 1 aromatic carbocycles. The molecule has 0 unspecified atom stereocenters. The standard InChI is InChI=1S/C18H23NO3S/c1-18(2,12-19-17(20)11-14-6-5-9-23-14)13-7-8-15(21-3)16(10-13)22-4/h5-10H,11-12H2,1-4H3,(H,19,20). The summed E-state index contributed by atoms with van der Waals surface area (Å²) >= 11 is 1.60. The van der Waals surface area contributed by atoms with Gasteiger partial charge in [0.25, 0.3) is 0 Å². The van der Waals surface area contributed by atoms with E-state index in [2.05, 4.69) is 19.2 Å². The van der Waals surface area contributed by atoms with E-state index in [4.69, 9.17) is 9.47 Å². The molecule has 0 fully saturated rings. The van der Waals surface area contributed by atoms with Gasteiger partial charge in [-0.3, -0.25) is 4.79 Å². The molecule has 1 amide bonds. The van der Waals surface area contributed by atoms with Crippen molar-refractivity contribution >= 4 is 17.2 Å². The van der Waals surface area contributed by atoms with E-state index in [1.54, 1.807) is 25.6 Å². The molecule has 124 valence electrons. The molecule has 0 saturated carbocycles. The number of hydrogen-bond donors (Lipinski definition) is 1. The van der Waals surface area contributed by atoms with Crippen molar-refractivity contribution in [3.05, 3.63) is 46.2 Å². The minimum atomic E-state index is -0.204. The second-order valence-electron chi connectivity index (χ2n) is 5.99. The fraction of sp³-hybridized carbons (Fsp3) is 0.389. The highest BCUT2D eigenvalue weighted by Crippen LogP contribution is 2.32. The van der Waals surface area contributed by atoms with Crippen LogP contribution in [0.1, 0.15) is 24.3 Å². The summed E-state index contributed by atoms with van der Waals surface area (Å²) in [4.78, 5) is 13.1. The summed E-state index contributed by atoms with van der Waals surface area (Å²) < 4.78 is 10.6. The van der Waals surface area contributed by atoms with Crippen LogP contribution in [0, 0.1) is 0 Å². The average Bonchev–Trinajstić information content (AvgIpc) is 3.05. The van der Waals surface area contributed by atoms with Crippen LogP contribution in [0.25, 0.3) is 0 Å². The van der Waals surface area contributed by atoms with Crippen LogP contribution in [0.2, 0.25) is 0 Å². The van der Waals surface area contributed by atoms with Gasteiger partial charge >= 0.3 is 0 Å². The van der Waals surface area contributed by atoms with E-state index in [1.807, 2.05) is 35.7 Å². The Bertz CT molecular complexity index is 650. The number of nitrogens with one attached hydrogen (secondary N) is 1. The molecule has 0 saturated heterocycles. The van der Waals surface area contributed by atoms with Crippen LogP contribution < -0.4 is 14.8 Å². The SMILES string of the molecule is COc1ccc(C(C)(C)CNC(=O)Cc2cccs2)cc1OC.